The Bertz CT molecular complexity index is 536. The molecule has 1 atom stereocenters. The van der Waals surface area contributed by atoms with Crippen molar-refractivity contribution in [1.82, 2.24) is 15.1 Å². The molecule has 4 nitrogen and oxygen atoms in total. The number of hydrogen-bond donors (Lipinski definition) is 1. The van der Waals surface area contributed by atoms with Crippen LogP contribution in [0.3, 0.4) is 0 Å². The van der Waals surface area contributed by atoms with E-state index in [1.165, 1.54) is 4.90 Å². The summed E-state index contributed by atoms with van der Waals surface area (Å²) in [6, 6.07) is 0.945. The molecule has 1 unspecified atom stereocenters. The summed E-state index contributed by atoms with van der Waals surface area (Å²) in [6.07, 6.45) is 0. The maximum absolute atomic E-state index is 13.7. The largest absolute Gasteiger partial charge is 0.347 e. The van der Waals surface area contributed by atoms with Gasteiger partial charge in [0.05, 0.1) is 0 Å². The van der Waals surface area contributed by atoms with Gasteiger partial charge in [0, 0.05) is 51.9 Å². The van der Waals surface area contributed by atoms with Gasteiger partial charge in [0.15, 0.2) is 11.6 Å². The van der Waals surface area contributed by atoms with Crippen molar-refractivity contribution in [2.24, 2.45) is 0 Å². The highest BCUT2D eigenvalue weighted by atomic mass is 19.2. The van der Waals surface area contributed by atoms with E-state index >= 15 is 0 Å². The van der Waals surface area contributed by atoms with Crippen molar-refractivity contribution in [2.75, 3.05) is 33.7 Å². The number of nitrogens with one attached hydrogen (secondary N) is 1. The molecule has 0 aliphatic carbocycles. The molecular formula is C14H18F3N3O. The Balaban J connectivity index is 2.20. The summed E-state index contributed by atoms with van der Waals surface area (Å²) in [5.41, 5.74) is 0.0485. The second kappa shape index (κ2) is 6.44. The van der Waals surface area contributed by atoms with Gasteiger partial charge in [0.2, 0.25) is 5.91 Å². The molecule has 0 spiro atoms. The summed E-state index contributed by atoms with van der Waals surface area (Å²) in [7, 11) is 3.29. The van der Waals surface area contributed by atoms with Gasteiger partial charge in [-0.1, -0.05) is 0 Å². The molecule has 7 heteroatoms. The first-order valence-electron chi connectivity index (χ1n) is 6.69. The van der Waals surface area contributed by atoms with E-state index in [4.69, 9.17) is 0 Å². The monoisotopic (exact) mass is 301 g/mol. The molecule has 1 aromatic carbocycles. The van der Waals surface area contributed by atoms with Crippen molar-refractivity contribution >= 4 is 5.91 Å². The van der Waals surface area contributed by atoms with Crippen molar-refractivity contribution in [1.29, 1.82) is 0 Å². The topological polar surface area (TPSA) is 35.6 Å². The molecule has 0 aromatic heterocycles. The second-order valence-electron chi connectivity index (χ2n) is 5.28. The van der Waals surface area contributed by atoms with Crippen molar-refractivity contribution in [3.8, 4) is 0 Å². The van der Waals surface area contributed by atoms with Crippen LogP contribution in [0.25, 0.3) is 0 Å². The van der Waals surface area contributed by atoms with Crippen LogP contribution in [0.15, 0.2) is 12.1 Å². The lowest BCUT2D eigenvalue weighted by molar-refractivity contribution is -0.135. The third kappa shape index (κ3) is 3.54. The molecule has 1 aliphatic rings. The zero-order chi connectivity index (χ0) is 15.6. The van der Waals surface area contributed by atoms with E-state index in [0.717, 1.165) is 6.07 Å². The molecule has 1 saturated heterocycles. The maximum Gasteiger partial charge on any atom is 0.240 e. The van der Waals surface area contributed by atoms with Crippen LogP contribution in [0.2, 0.25) is 0 Å². The van der Waals surface area contributed by atoms with E-state index in [9.17, 15) is 18.0 Å². The minimum atomic E-state index is -1.21. The number of halogens is 3. The normalized spacial score (nSPS) is 19.6. The van der Waals surface area contributed by atoms with Gasteiger partial charge in [-0.2, -0.15) is 0 Å². The SMILES string of the molecule is CN(C)C(=O)C1CNCCN1Cc1cc(F)c(F)cc1F. The highest BCUT2D eigenvalue weighted by Crippen LogP contribution is 2.18. The average Bonchev–Trinajstić information content (AvgIpc) is 2.44. The number of benzene rings is 1. The minimum absolute atomic E-state index is 0.0485. The van der Waals surface area contributed by atoms with Gasteiger partial charge in [-0.05, 0) is 6.07 Å². The molecule has 1 fully saturated rings. The lowest BCUT2D eigenvalue weighted by Gasteiger charge is -2.36. The van der Waals surface area contributed by atoms with Gasteiger partial charge < -0.3 is 10.2 Å². The van der Waals surface area contributed by atoms with Crippen molar-refractivity contribution in [3.05, 3.63) is 35.1 Å². The number of amides is 1. The van der Waals surface area contributed by atoms with Gasteiger partial charge in [0.1, 0.15) is 11.9 Å². The summed E-state index contributed by atoms with van der Waals surface area (Å²) in [5.74, 6) is -3.21. The van der Waals surface area contributed by atoms with Gasteiger partial charge in [-0.3, -0.25) is 9.69 Å². The lowest BCUT2D eigenvalue weighted by atomic mass is 10.1. The van der Waals surface area contributed by atoms with Crippen LogP contribution in [-0.2, 0) is 11.3 Å². The third-order valence-corrected chi connectivity index (χ3v) is 3.54. The number of likely N-dealkylation sites (N-methyl/N-ethyl adjacent to an activating group) is 1. The highest BCUT2D eigenvalue weighted by Gasteiger charge is 2.30. The quantitative estimate of drug-likeness (QED) is 0.845. The zero-order valence-electron chi connectivity index (χ0n) is 12.0. The Morgan fingerprint density at radius 1 is 1.29 bits per heavy atom. The van der Waals surface area contributed by atoms with Gasteiger partial charge in [-0.25, -0.2) is 13.2 Å². The van der Waals surface area contributed by atoms with E-state index in [1.807, 2.05) is 0 Å². The Labute approximate surface area is 121 Å². The summed E-state index contributed by atoms with van der Waals surface area (Å²) in [5, 5.41) is 3.10. The molecular weight excluding hydrogens is 283 g/mol. The van der Waals surface area contributed by atoms with E-state index in [1.54, 1.807) is 19.0 Å². The molecule has 0 radical (unpaired) electrons. The first-order chi connectivity index (χ1) is 9.90. The van der Waals surface area contributed by atoms with Crippen LogP contribution in [0.4, 0.5) is 13.2 Å². The summed E-state index contributed by atoms with van der Waals surface area (Å²) in [6.45, 7) is 1.70. The van der Waals surface area contributed by atoms with Crippen LogP contribution in [0, 0.1) is 17.5 Å². The molecule has 1 N–H and O–H groups in total. The number of hydrogen-bond acceptors (Lipinski definition) is 3. The average molecular weight is 301 g/mol. The summed E-state index contributed by atoms with van der Waals surface area (Å²) >= 11 is 0. The van der Waals surface area contributed by atoms with Crippen molar-refractivity contribution in [2.45, 2.75) is 12.6 Å². The number of piperazine rings is 1. The third-order valence-electron chi connectivity index (χ3n) is 3.54. The molecule has 1 aromatic rings. The van der Waals surface area contributed by atoms with Crippen molar-refractivity contribution in [3.63, 3.8) is 0 Å². The fourth-order valence-electron chi connectivity index (χ4n) is 2.38. The van der Waals surface area contributed by atoms with E-state index < -0.39 is 23.5 Å². The Kier molecular flexibility index (Phi) is 4.84. The van der Waals surface area contributed by atoms with Crippen LogP contribution in [0.1, 0.15) is 5.56 Å². The summed E-state index contributed by atoms with van der Waals surface area (Å²) < 4.78 is 39.9. The van der Waals surface area contributed by atoms with Crippen LogP contribution >= 0.6 is 0 Å². The molecule has 2 rings (SSSR count). The van der Waals surface area contributed by atoms with Crippen LogP contribution in [-0.4, -0.2) is 55.5 Å². The molecule has 1 aliphatic heterocycles. The number of carbonyl (C=O) groups is 1. The number of carbonyl (C=O) groups excluding carboxylic acids is 1. The molecule has 21 heavy (non-hydrogen) atoms. The van der Waals surface area contributed by atoms with Gasteiger partial charge in [0.25, 0.3) is 0 Å². The van der Waals surface area contributed by atoms with Crippen molar-refractivity contribution < 1.29 is 18.0 Å². The lowest BCUT2D eigenvalue weighted by Crippen LogP contribution is -2.57. The smallest absolute Gasteiger partial charge is 0.240 e. The number of nitrogens with zero attached hydrogens (tertiary/aromatic N) is 2. The first kappa shape index (κ1) is 15.8. The van der Waals surface area contributed by atoms with E-state index in [0.29, 0.717) is 25.7 Å². The van der Waals surface area contributed by atoms with Crippen LogP contribution < -0.4 is 5.32 Å². The van der Waals surface area contributed by atoms with Crippen LogP contribution in [0.5, 0.6) is 0 Å². The fourth-order valence-corrected chi connectivity index (χ4v) is 2.38. The van der Waals surface area contributed by atoms with Gasteiger partial charge >= 0.3 is 0 Å². The Morgan fingerprint density at radius 3 is 2.62 bits per heavy atom. The second-order valence-corrected chi connectivity index (χ2v) is 5.28. The molecule has 116 valence electrons. The molecule has 0 saturated carbocycles. The minimum Gasteiger partial charge on any atom is -0.347 e. The zero-order valence-corrected chi connectivity index (χ0v) is 12.0. The summed E-state index contributed by atoms with van der Waals surface area (Å²) in [4.78, 5) is 15.4. The first-order valence-corrected chi connectivity index (χ1v) is 6.69. The Morgan fingerprint density at radius 2 is 1.95 bits per heavy atom. The molecule has 1 amide bonds. The standard InChI is InChI=1S/C14H18F3N3O/c1-19(2)14(21)13-7-18-3-4-20(13)8-9-5-11(16)12(17)6-10(9)15/h5-6,13,18H,3-4,7-8H2,1-2H3. The fraction of sp³-hybridized carbons (Fsp3) is 0.500. The molecule has 0 bridgehead atoms. The number of rotatable bonds is 3. The predicted molar refractivity (Wildman–Crippen MR) is 72.1 cm³/mol. The highest BCUT2D eigenvalue weighted by molar-refractivity contribution is 5.81. The predicted octanol–water partition coefficient (Wildman–Crippen LogP) is 0.966. The Hall–Kier alpha value is -1.60. The molecule has 1 heterocycles. The van der Waals surface area contributed by atoms with Gasteiger partial charge in [-0.15, -0.1) is 0 Å². The van der Waals surface area contributed by atoms with E-state index in [2.05, 4.69) is 5.32 Å². The van der Waals surface area contributed by atoms with E-state index in [-0.39, 0.29) is 18.0 Å². The maximum atomic E-state index is 13.7.